The molecule has 2 amide bonds. The lowest BCUT2D eigenvalue weighted by atomic mass is 10.1. The van der Waals surface area contributed by atoms with E-state index in [0.717, 1.165) is 5.39 Å². The fourth-order valence-corrected chi connectivity index (χ4v) is 3.69. The number of phenols is 1. The molecular weight excluding hydrogens is 458 g/mol. The number of carbonyl (C=O) groups is 2. The Kier molecular flexibility index (Phi) is 5.40. The summed E-state index contributed by atoms with van der Waals surface area (Å²) in [6, 6.07) is 18.1. The molecule has 0 aliphatic carbocycles. The third-order valence-corrected chi connectivity index (χ3v) is 5.35. The molecule has 34 heavy (non-hydrogen) atoms. The van der Waals surface area contributed by atoms with Gasteiger partial charge in [-0.2, -0.15) is 5.21 Å². The summed E-state index contributed by atoms with van der Waals surface area (Å²) < 4.78 is 0. The monoisotopic (exact) mass is 473 g/mol. The van der Waals surface area contributed by atoms with E-state index >= 15 is 0 Å². The third-order valence-electron chi connectivity index (χ3n) is 5.11. The van der Waals surface area contributed by atoms with E-state index in [1.54, 1.807) is 48.5 Å². The van der Waals surface area contributed by atoms with Crippen LogP contribution in [-0.4, -0.2) is 42.5 Å². The van der Waals surface area contributed by atoms with Gasteiger partial charge in [0, 0.05) is 16.0 Å². The van der Waals surface area contributed by atoms with Gasteiger partial charge in [0.15, 0.2) is 0 Å². The van der Waals surface area contributed by atoms with Gasteiger partial charge in [-0.05, 0) is 47.7 Å². The van der Waals surface area contributed by atoms with Crippen LogP contribution in [0.15, 0.2) is 66.7 Å². The van der Waals surface area contributed by atoms with Crippen molar-refractivity contribution in [2.45, 2.75) is 0 Å². The summed E-state index contributed by atoms with van der Waals surface area (Å²) in [4.78, 5) is 28.7. The molecule has 0 bridgehead atoms. The highest BCUT2D eigenvalue weighted by Gasteiger charge is 2.17. The molecule has 0 fully saturated rings. The molecule has 0 radical (unpaired) electrons. The molecule has 0 saturated carbocycles. The fraction of sp³-hybridized carbons (Fsp3) is 0. The minimum atomic E-state index is -0.475. The number of nitrogens with zero attached hydrogens (tertiary/aromatic N) is 3. The van der Waals surface area contributed by atoms with E-state index in [4.69, 9.17) is 11.6 Å². The maximum Gasteiger partial charge on any atom is 0.272 e. The molecule has 0 aliphatic rings. The van der Waals surface area contributed by atoms with Crippen LogP contribution < -0.4 is 10.6 Å². The Balaban J connectivity index is 1.43. The second-order valence-electron chi connectivity index (χ2n) is 7.30. The van der Waals surface area contributed by atoms with Gasteiger partial charge in [-0.25, -0.2) is 0 Å². The van der Waals surface area contributed by atoms with Crippen molar-refractivity contribution in [1.82, 2.24) is 25.6 Å². The van der Waals surface area contributed by atoms with Gasteiger partial charge in [0.05, 0.1) is 22.5 Å². The number of halogens is 1. The van der Waals surface area contributed by atoms with Crippen LogP contribution >= 0.6 is 11.6 Å². The first-order chi connectivity index (χ1) is 16.5. The number of carbonyl (C=O) groups excluding carboxylic acids is 2. The first-order valence-corrected chi connectivity index (χ1v) is 10.4. The number of benzene rings is 3. The van der Waals surface area contributed by atoms with Crippen LogP contribution in [0.5, 0.6) is 5.75 Å². The first-order valence-electron chi connectivity index (χ1n) is 10.1. The highest BCUT2D eigenvalue weighted by atomic mass is 35.5. The number of H-pyrrole nitrogens is 2. The Labute approximate surface area is 197 Å². The zero-order chi connectivity index (χ0) is 23.7. The highest BCUT2D eigenvalue weighted by Crippen LogP contribution is 2.30. The topological polar surface area (TPSA) is 149 Å². The first kappa shape index (κ1) is 21.2. The van der Waals surface area contributed by atoms with E-state index in [-0.39, 0.29) is 22.8 Å². The van der Waals surface area contributed by atoms with Crippen LogP contribution in [0.1, 0.15) is 20.8 Å². The maximum absolute atomic E-state index is 13.0. The van der Waals surface area contributed by atoms with Crippen LogP contribution in [0.4, 0.5) is 11.4 Å². The van der Waals surface area contributed by atoms with Crippen molar-refractivity contribution in [3.63, 3.8) is 0 Å². The lowest BCUT2D eigenvalue weighted by Gasteiger charge is -2.09. The molecular formula is C23H16ClN7O3. The van der Waals surface area contributed by atoms with Crippen molar-refractivity contribution >= 4 is 45.7 Å². The number of rotatable bonds is 5. The number of anilines is 2. The minimum Gasteiger partial charge on any atom is -0.507 e. The molecule has 0 spiro atoms. The van der Waals surface area contributed by atoms with Gasteiger partial charge in [0.2, 0.25) is 5.82 Å². The SMILES string of the molecule is O=C(Nc1ccc(Cl)cc1-c1nn[nH]n1)c1cc2cccc(NC(=O)c3ccccc3O)c2[nH]1. The highest BCUT2D eigenvalue weighted by molar-refractivity contribution is 6.31. The number of aromatic nitrogens is 5. The molecule has 5 aromatic rings. The smallest absolute Gasteiger partial charge is 0.272 e. The van der Waals surface area contributed by atoms with Gasteiger partial charge >= 0.3 is 0 Å². The van der Waals surface area contributed by atoms with E-state index in [0.29, 0.717) is 27.5 Å². The van der Waals surface area contributed by atoms with E-state index in [1.165, 1.54) is 12.1 Å². The second-order valence-corrected chi connectivity index (χ2v) is 7.74. The Morgan fingerprint density at radius 1 is 0.912 bits per heavy atom. The molecule has 0 saturated heterocycles. The van der Waals surface area contributed by atoms with Crippen LogP contribution in [0, 0.1) is 0 Å². The number of aromatic amines is 2. The predicted molar refractivity (Wildman–Crippen MR) is 127 cm³/mol. The quantitative estimate of drug-likeness (QED) is 0.258. The van der Waals surface area contributed by atoms with E-state index in [2.05, 4.69) is 36.2 Å². The summed E-state index contributed by atoms with van der Waals surface area (Å²) in [5.74, 6) is -0.735. The largest absolute Gasteiger partial charge is 0.507 e. The number of amides is 2. The molecule has 5 N–H and O–H groups in total. The number of nitrogens with one attached hydrogen (secondary N) is 4. The van der Waals surface area contributed by atoms with E-state index in [9.17, 15) is 14.7 Å². The summed E-state index contributed by atoms with van der Waals surface area (Å²) >= 11 is 6.10. The zero-order valence-corrected chi connectivity index (χ0v) is 18.1. The van der Waals surface area contributed by atoms with Gasteiger partial charge in [-0.3, -0.25) is 9.59 Å². The van der Waals surface area contributed by atoms with Crippen LogP contribution in [0.25, 0.3) is 22.3 Å². The second kappa shape index (κ2) is 8.68. The Morgan fingerprint density at radius 3 is 2.53 bits per heavy atom. The van der Waals surface area contributed by atoms with Crippen molar-refractivity contribution in [2.24, 2.45) is 0 Å². The summed E-state index contributed by atoms with van der Waals surface area (Å²) in [5.41, 5.74) is 2.38. The Morgan fingerprint density at radius 2 is 1.74 bits per heavy atom. The third kappa shape index (κ3) is 4.05. The molecule has 168 valence electrons. The summed E-state index contributed by atoms with van der Waals surface area (Å²) in [7, 11) is 0. The molecule has 2 heterocycles. The lowest BCUT2D eigenvalue weighted by Crippen LogP contribution is -2.13. The summed E-state index contributed by atoms with van der Waals surface area (Å²) in [5, 5.41) is 30.5. The lowest BCUT2D eigenvalue weighted by molar-refractivity contribution is 0.101. The van der Waals surface area contributed by atoms with Gasteiger partial charge in [0.1, 0.15) is 11.4 Å². The standard InChI is InChI=1S/C23H16ClN7O3/c24-13-8-9-16(15(11-13)21-28-30-31-29-21)26-23(34)18-10-12-4-3-6-17(20(12)25-18)27-22(33)14-5-1-2-7-19(14)32/h1-11,25,32H,(H,26,34)(H,27,33)(H,28,29,30,31). The molecule has 0 aliphatic heterocycles. The zero-order valence-electron chi connectivity index (χ0n) is 17.3. The molecule has 10 nitrogen and oxygen atoms in total. The fourth-order valence-electron chi connectivity index (χ4n) is 3.51. The van der Waals surface area contributed by atoms with Crippen LogP contribution in [0.2, 0.25) is 5.02 Å². The number of tetrazole rings is 1. The van der Waals surface area contributed by atoms with Crippen LogP contribution in [0.3, 0.4) is 0 Å². The molecule has 2 aromatic heterocycles. The number of para-hydroxylation sites is 2. The van der Waals surface area contributed by atoms with Gasteiger partial charge in [-0.1, -0.05) is 35.9 Å². The molecule has 0 atom stereocenters. The van der Waals surface area contributed by atoms with Crippen molar-refractivity contribution < 1.29 is 14.7 Å². The number of aromatic hydroxyl groups is 1. The molecule has 11 heteroatoms. The summed E-state index contributed by atoms with van der Waals surface area (Å²) in [6.45, 7) is 0. The summed E-state index contributed by atoms with van der Waals surface area (Å²) in [6.07, 6.45) is 0. The van der Waals surface area contributed by atoms with Gasteiger partial charge < -0.3 is 20.7 Å². The predicted octanol–water partition coefficient (Wildman–Crippen LogP) is 4.21. The average Bonchev–Trinajstić information content (AvgIpc) is 3.51. The number of fused-ring (bicyclic) bond motifs is 1. The van der Waals surface area contributed by atoms with Gasteiger partial charge in [-0.15, -0.1) is 10.2 Å². The van der Waals surface area contributed by atoms with Crippen molar-refractivity contribution in [3.8, 4) is 17.1 Å². The molecule has 5 rings (SSSR count). The van der Waals surface area contributed by atoms with E-state index in [1.807, 2.05) is 6.07 Å². The van der Waals surface area contributed by atoms with Crippen molar-refractivity contribution in [1.29, 1.82) is 0 Å². The molecule has 0 unspecified atom stereocenters. The molecule has 3 aromatic carbocycles. The number of phenolic OH excluding ortho intramolecular Hbond substituents is 1. The minimum absolute atomic E-state index is 0.126. The Hall–Kier alpha value is -4.70. The maximum atomic E-state index is 13.0. The van der Waals surface area contributed by atoms with E-state index < -0.39 is 11.8 Å². The number of hydrogen-bond donors (Lipinski definition) is 5. The number of hydrogen-bond acceptors (Lipinski definition) is 6. The Bertz CT molecular complexity index is 1530. The van der Waals surface area contributed by atoms with Crippen LogP contribution in [-0.2, 0) is 0 Å². The van der Waals surface area contributed by atoms with Crippen molar-refractivity contribution in [2.75, 3.05) is 10.6 Å². The van der Waals surface area contributed by atoms with Gasteiger partial charge in [0.25, 0.3) is 11.8 Å². The normalized spacial score (nSPS) is 10.9. The average molecular weight is 474 g/mol. The van der Waals surface area contributed by atoms with Crippen molar-refractivity contribution in [3.05, 3.63) is 83.0 Å².